The molecule has 0 saturated carbocycles. The summed E-state index contributed by atoms with van der Waals surface area (Å²) in [5, 5.41) is 3.25. The second kappa shape index (κ2) is 4.87. The molecule has 0 spiro atoms. The molecule has 3 rings (SSSR count). The maximum atomic E-state index is 12.7. The fourth-order valence-electron chi connectivity index (χ4n) is 3.25. The topological polar surface area (TPSA) is 50.2 Å². The van der Waals surface area contributed by atoms with Crippen LogP contribution in [0.2, 0.25) is 0 Å². The second-order valence-electron chi connectivity index (χ2n) is 5.62. The first-order valence-electron chi connectivity index (χ1n) is 7.34. The standard InChI is InChI=1S/C14H22N4O/c1-3-11-6-5-10(2)18(11)13(19)12-9-17-8-4-7-15-14(17)16-12/h9-11H,3-8H2,1-2H3,(H,15,16). The molecule has 2 aliphatic rings. The van der Waals surface area contributed by atoms with Gasteiger partial charge in [0.25, 0.3) is 5.91 Å². The first kappa shape index (κ1) is 12.5. The van der Waals surface area contributed by atoms with Crippen molar-refractivity contribution in [2.75, 3.05) is 11.9 Å². The Morgan fingerprint density at radius 1 is 1.53 bits per heavy atom. The lowest BCUT2D eigenvalue weighted by Gasteiger charge is -2.27. The van der Waals surface area contributed by atoms with E-state index < -0.39 is 0 Å². The fraction of sp³-hybridized carbons (Fsp3) is 0.714. The molecule has 1 amide bonds. The lowest BCUT2D eigenvalue weighted by molar-refractivity contribution is 0.0671. The molecule has 0 aliphatic carbocycles. The minimum absolute atomic E-state index is 0.0977. The predicted molar refractivity (Wildman–Crippen MR) is 74.3 cm³/mol. The van der Waals surface area contributed by atoms with Crippen LogP contribution in [0, 0.1) is 0 Å². The van der Waals surface area contributed by atoms with Gasteiger partial charge in [0.1, 0.15) is 5.69 Å². The maximum Gasteiger partial charge on any atom is 0.274 e. The highest BCUT2D eigenvalue weighted by atomic mass is 16.2. The molecule has 1 saturated heterocycles. The van der Waals surface area contributed by atoms with Gasteiger partial charge >= 0.3 is 0 Å². The first-order chi connectivity index (χ1) is 9.20. The summed E-state index contributed by atoms with van der Waals surface area (Å²) in [7, 11) is 0. The number of hydrogen-bond acceptors (Lipinski definition) is 3. The summed E-state index contributed by atoms with van der Waals surface area (Å²) in [6.07, 6.45) is 6.25. The number of aromatic nitrogens is 2. The predicted octanol–water partition coefficient (Wildman–Crippen LogP) is 2.10. The number of fused-ring (bicyclic) bond motifs is 1. The Balaban J connectivity index is 1.85. The molecule has 0 radical (unpaired) electrons. The molecule has 5 nitrogen and oxygen atoms in total. The summed E-state index contributed by atoms with van der Waals surface area (Å²) >= 11 is 0. The molecule has 2 aliphatic heterocycles. The third kappa shape index (κ3) is 2.11. The third-order valence-corrected chi connectivity index (χ3v) is 4.35. The molecule has 1 N–H and O–H groups in total. The van der Waals surface area contributed by atoms with Gasteiger partial charge in [-0.3, -0.25) is 4.79 Å². The Morgan fingerprint density at radius 3 is 3.11 bits per heavy atom. The van der Waals surface area contributed by atoms with E-state index in [-0.39, 0.29) is 5.91 Å². The minimum Gasteiger partial charge on any atom is -0.356 e. The molecule has 2 unspecified atom stereocenters. The smallest absolute Gasteiger partial charge is 0.274 e. The van der Waals surface area contributed by atoms with Crippen LogP contribution < -0.4 is 5.32 Å². The number of imidazole rings is 1. The Morgan fingerprint density at radius 2 is 2.37 bits per heavy atom. The van der Waals surface area contributed by atoms with Gasteiger partial charge in [-0.15, -0.1) is 0 Å². The molecule has 3 heterocycles. The lowest BCUT2D eigenvalue weighted by Crippen LogP contribution is -2.39. The number of hydrogen-bond donors (Lipinski definition) is 1. The molecule has 104 valence electrons. The Kier molecular flexibility index (Phi) is 3.21. The summed E-state index contributed by atoms with van der Waals surface area (Å²) in [6, 6.07) is 0.721. The summed E-state index contributed by atoms with van der Waals surface area (Å²) in [5.74, 6) is 0.940. The molecule has 2 atom stereocenters. The van der Waals surface area contributed by atoms with Crippen molar-refractivity contribution in [3.63, 3.8) is 0 Å². The molecule has 19 heavy (non-hydrogen) atoms. The molecule has 1 fully saturated rings. The van der Waals surface area contributed by atoms with E-state index in [1.165, 1.54) is 0 Å². The number of amides is 1. The van der Waals surface area contributed by atoms with Crippen molar-refractivity contribution in [3.8, 4) is 0 Å². The summed E-state index contributed by atoms with van der Waals surface area (Å²) in [5.41, 5.74) is 0.594. The van der Waals surface area contributed by atoms with E-state index in [2.05, 4.69) is 28.7 Å². The van der Waals surface area contributed by atoms with Crippen LogP contribution in [0.15, 0.2) is 6.20 Å². The molecule has 1 aromatic heterocycles. The van der Waals surface area contributed by atoms with Crippen molar-refractivity contribution >= 4 is 11.9 Å². The Labute approximate surface area is 114 Å². The molecule has 1 aromatic rings. The van der Waals surface area contributed by atoms with Crippen molar-refractivity contribution in [1.29, 1.82) is 0 Å². The zero-order valence-electron chi connectivity index (χ0n) is 11.7. The number of nitrogens with zero attached hydrogens (tertiary/aromatic N) is 3. The number of carbonyl (C=O) groups excluding carboxylic acids is 1. The highest BCUT2D eigenvalue weighted by molar-refractivity contribution is 5.93. The molecule has 5 heteroatoms. The first-order valence-corrected chi connectivity index (χ1v) is 7.34. The number of carbonyl (C=O) groups is 1. The van der Waals surface area contributed by atoms with Gasteiger partial charge in [-0.1, -0.05) is 6.92 Å². The van der Waals surface area contributed by atoms with Crippen LogP contribution in [0.25, 0.3) is 0 Å². The van der Waals surface area contributed by atoms with Gasteiger partial charge in [0, 0.05) is 31.4 Å². The van der Waals surface area contributed by atoms with Crippen molar-refractivity contribution < 1.29 is 4.79 Å². The average Bonchev–Trinajstić information content (AvgIpc) is 3.01. The molecule has 0 bridgehead atoms. The van der Waals surface area contributed by atoms with Crippen LogP contribution in [0.5, 0.6) is 0 Å². The van der Waals surface area contributed by atoms with Gasteiger partial charge in [0.05, 0.1) is 0 Å². The zero-order chi connectivity index (χ0) is 13.4. The summed E-state index contributed by atoms with van der Waals surface area (Å²) in [4.78, 5) is 19.2. The molecular formula is C14H22N4O. The lowest BCUT2D eigenvalue weighted by atomic mass is 10.1. The SMILES string of the molecule is CCC1CCC(C)N1C(=O)c1cn2c(n1)NCCC2. The van der Waals surface area contributed by atoms with E-state index in [0.29, 0.717) is 17.8 Å². The third-order valence-electron chi connectivity index (χ3n) is 4.35. The van der Waals surface area contributed by atoms with Crippen LogP contribution in [0.3, 0.4) is 0 Å². The summed E-state index contributed by atoms with van der Waals surface area (Å²) < 4.78 is 2.05. The monoisotopic (exact) mass is 262 g/mol. The molecular weight excluding hydrogens is 240 g/mol. The van der Waals surface area contributed by atoms with Crippen molar-refractivity contribution in [3.05, 3.63) is 11.9 Å². The number of aryl methyl sites for hydroxylation is 1. The quantitative estimate of drug-likeness (QED) is 0.888. The second-order valence-corrected chi connectivity index (χ2v) is 5.62. The Bertz CT molecular complexity index is 458. The van der Waals surface area contributed by atoms with Crippen molar-refractivity contribution in [2.45, 2.75) is 58.2 Å². The number of rotatable bonds is 2. The highest BCUT2D eigenvalue weighted by Gasteiger charge is 2.35. The van der Waals surface area contributed by atoms with Gasteiger partial charge < -0.3 is 14.8 Å². The van der Waals surface area contributed by atoms with Crippen LogP contribution in [-0.4, -0.2) is 39.0 Å². The number of anilines is 1. The molecule has 0 aromatic carbocycles. The van der Waals surface area contributed by atoms with E-state index in [0.717, 1.165) is 44.7 Å². The van der Waals surface area contributed by atoms with Crippen molar-refractivity contribution in [2.24, 2.45) is 0 Å². The van der Waals surface area contributed by atoms with E-state index in [4.69, 9.17) is 0 Å². The zero-order valence-corrected chi connectivity index (χ0v) is 11.7. The normalized spacial score (nSPS) is 26.1. The van der Waals surface area contributed by atoms with Gasteiger partial charge in [0.2, 0.25) is 5.95 Å². The van der Waals surface area contributed by atoms with Crippen LogP contribution in [0.4, 0.5) is 5.95 Å². The van der Waals surface area contributed by atoms with Gasteiger partial charge in [-0.25, -0.2) is 4.98 Å². The largest absolute Gasteiger partial charge is 0.356 e. The van der Waals surface area contributed by atoms with E-state index >= 15 is 0 Å². The Hall–Kier alpha value is -1.52. The van der Waals surface area contributed by atoms with E-state index in [9.17, 15) is 4.79 Å². The van der Waals surface area contributed by atoms with Gasteiger partial charge in [0.15, 0.2) is 0 Å². The van der Waals surface area contributed by atoms with Gasteiger partial charge in [-0.2, -0.15) is 0 Å². The average molecular weight is 262 g/mol. The van der Waals surface area contributed by atoms with Crippen LogP contribution >= 0.6 is 0 Å². The maximum absolute atomic E-state index is 12.7. The minimum atomic E-state index is 0.0977. The van der Waals surface area contributed by atoms with E-state index in [1.54, 1.807) is 0 Å². The van der Waals surface area contributed by atoms with Gasteiger partial charge in [-0.05, 0) is 32.6 Å². The summed E-state index contributed by atoms with van der Waals surface area (Å²) in [6.45, 7) is 6.20. The van der Waals surface area contributed by atoms with E-state index in [1.807, 2.05) is 11.1 Å². The van der Waals surface area contributed by atoms with Crippen LogP contribution in [-0.2, 0) is 6.54 Å². The number of likely N-dealkylation sites (tertiary alicyclic amines) is 1. The highest BCUT2D eigenvalue weighted by Crippen LogP contribution is 2.28. The fourth-order valence-corrected chi connectivity index (χ4v) is 3.25. The number of nitrogens with one attached hydrogen (secondary N) is 1. The van der Waals surface area contributed by atoms with Crippen molar-refractivity contribution in [1.82, 2.24) is 14.5 Å². The van der Waals surface area contributed by atoms with Crippen LogP contribution in [0.1, 0.15) is 50.0 Å².